The second kappa shape index (κ2) is 13.6. The Balaban J connectivity index is 0.000000336. The highest BCUT2D eigenvalue weighted by atomic mass is 35.5. The van der Waals surface area contributed by atoms with Gasteiger partial charge in [0.1, 0.15) is 11.6 Å². The summed E-state index contributed by atoms with van der Waals surface area (Å²) < 4.78 is 0. The molecule has 2 heterocycles. The number of benzene rings is 2. The van der Waals surface area contributed by atoms with E-state index >= 15 is 0 Å². The van der Waals surface area contributed by atoms with Gasteiger partial charge in [0.2, 0.25) is 5.91 Å². The lowest BCUT2D eigenvalue weighted by atomic mass is 9.70. The van der Waals surface area contributed by atoms with Gasteiger partial charge in [-0.25, -0.2) is 0 Å². The first-order chi connectivity index (χ1) is 15.8. The first-order valence-corrected chi connectivity index (χ1v) is 11.9. The second-order valence-corrected chi connectivity index (χ2v) is 9.26. The number of amides is 1. The third-order valence-corrected chi connectivity index (χ3v) is 7.52. The van der Waals surface area contributed by atoms with Gasteiger partial charge < -0.3 is 10.2 Å². The van der Waals surface area contributed by atoms with E-state index in [1.807, 2.05) is 53.4 Å². The number of rotatable bonds is 4. The maximum absolute atomic E-state index is 12.1. The summed E-state index contributed by atoms with van der Waals surface area (Å²) in [5, 5.41) is 3.31. The molecule has 0 saturated carbocycles. The van der Waals surface area contributed by atoms with E-state index in [9.17, 15) is 14.4 Å². The maximum atomic E-state index is 12.1. The number of nitrogens with one attached hydrogen (secondary N) is 1. The summed E-state index contributed by atoms with van der Waals surface area (Å²) in [5.74, 6) is 0.604. The highest BCUT2D eigenvalue weighted by Crippen LogP contribution is 2.36. The Morgan fingerprint density at radius 3 is 1.40 bits per heavy atom. The Hall–Kier alpha value is -2.50. The largest absolute Gasteiger partial charge is 0.343 e. The van der Waals surface area contributed by atoms with Crippen LogP contribution in [-0.4, -0.2) is 48.6 Å². The third-order valence-electron chi connectivity index (χ3n) is 7.52. The molecular formula is C29H41ClN2O3. The summed E-state index contributed by atoms with van der Waals surface area (Å²) in [6.07, 6.45) is 3.30. The quantitative estimate of drug-likeness (QED) is 0.633. The molecule has 2 aliphatic rings. The molecule has 1 amide bonds. The van der Waals surface area contributed by atoms with Crippen LogP contribution < -0.4 is 5.32 Å². The Morgan fingerprint density at radius 1 is 0.686 bits per heavy atom. The highest BCUT2D eigenvalue weighted by Gasteiger charge is 2.41. The monoisotopic (exact) mass is 500 g/mol. The van der Waals surface area contributed by atoms with Crippen LogP contribution in [-0.2, 0) is 25.2 Å². The van der Waals surface area contributed by atoms with Crippen molar-refractivity contribution in [3.8, 4) is 0 Å². The van der Waals surface area contributed by atoms with Crippen LogP contribution >= 0.6 is 12.4 Å². The molecule has 2 aromatic rings. The van der Waals surface area contributed by atoms with Crippen LogP contribution in [0.4, 0.5) is 0 Å². The van der Waals surface area contributed by atoms with Crippen LogP contribution in [0, 0.1) is 0 Å². The summed E-state index contributed by atoms with van der Waals surface area (Å²) in [4.78, 5) is 37.2. The Morgan fingerprint density at radius 2 is 1.06 bits per heavy atom. The fourth-order valence-electron chi connectivity index (χ4n) is 5.26. The van der Waals surface area contributed by atoms with Crippen LogP contribution in [0.25, 0.3) is 0 Å². The molecule has 6 heteroatoms. The number of likely N-dealkylation sites (tertiary alicyclic amines) is 1. The molecule has 0 aromatic heterocycles. The van der Waals surface area contributed by atoms with Crippen molar-refractivity contribution in [2.75, 3.05) is 26.2 Å². The van der Waals surface area contributed by atoms with Crippen molar-refractivity contribution in [3.63, 3.8) is 0 Å². The van der Waals surface area contributed by atoms with Gasteiger partial charge in [0, 0.05) is 20.0 Å². The lowest BCUT2D eigenvalue weighted by Crippen LogP contribution is -2.47. The fourth-order valence-corrected chi connectivity index (χ4v) is 5.26. The van der Waals surface area contributed by atoms with Gasteiger partial charge in [0.25, 0.3) is 0 Å². The summed E-state index contributed by atoms with van der Waals surface area (Å²) in [6.45, 7) is 8.19. The Bertz CT molecular complexity index is 948. The van der Waals surface area contributed by atoms with E-state index in [1.54, 1.807) is 20.8 Å². The number of hydrogen-bond acceptors (Lipinski definition) is 4. The van der Waals surface area contributed by atoms with Crippen LogP contribution in [0.3, 0.4) is 0 Å². The van der Waals surface area contributed by atoms with Crippen molar-refractivity contribution in [2.45, 2.75) is 64.7 Å². The molecule has 35 heavy (non-hydrogen) atoms. The number of carbonyl (C=O) groups excluding carboxylic acids is 3. The van der Waals surface area contributed by atoms with E-state index in [4.69, 9.17) is 0 Å². The minimum Gasteiger partial charge on any atom is -0.343 e. The smallest absolute Gasteiger partial charge is 0.219 e. The van der Waals surface area contributed by atoms with Crippen molar-refractivity contribution in [2.24, 2.45) is 0 Å². The number of ketones is 2. The molecule has 192 valence electrons. The molecule has 0 aliphatic carbocycles. The van der Waals surface area contributed by atoms with E-state index in [0.29, 0.717) is 18.9 Å². The average Bonchev–Trinajstić information content (AvgIpc) is 2.85. The molecule has 2 fully saturated rings. The Labute approximate surface area is 217 Å². The highest BCUT2D eigenvalue weighted by molar-refractivity contribution is 5.89. The molecule has 0 atom stereocenters. The fraction of sp³-hybridized carbons (Fsp3) is 0.483. The van der Waals surface area contributed by atoms with Crippen molar-refractivity contribution in [1.29, 1.82) is 0 Å². The summed E-state index contributed by atoms with van der Waals surface area (Å²) in [6, 6.07) is 20.1. The SMILES string of the molecule is C.CC(=O)C1(c2ccccc2)CCNCC1.CC(=O)N1CCC(C(C)=O)(c2ccccc2)CC1.Cl. The van der Waals surface area contributed by atoms with E-state index in [0.717, 1.165) is 44.3 Å². The predicted molar refractivity (Wildman–Crippen MR) is 145 cm³/mol. The molecular weight excluding hydrogens is 460 g/mol. The lowest BCUT2D eigenvalue weighted by Gasteiger charge is -2.40. The molecule has 2 saturated heterocycles. The molecule has 0 spiro atoms. The topological polar surface area (TPSA) is 66.5 Å². The van der Waals surface area contributed by atoms with Gasteiger partial charge in [0.15, 0.2) is 0 Å². The molecule has 2 aliphatic heterocycles. The molecule has 1 N–H and O–H groups in total. The van der Waals surface area contributed by atoms with Crippen LogP contribution in [0.5, 0.6) is 0 Å². The van der Waals surface area contributed by atoms with Crippen molar-refractivity contribution in [3.05, 3.63) is 71.8 Å². The number of halogens is 1. The molecule has 0 radical (unpaired) electrons. The number of nitrogens with zero attached hydrogens (tertiary/aromatic N) is 1. The molecule has 5 nitrogen and oxygen atoms in total. The summed E-state index contributed by atoms with van der Waals surface area (Å²) in [5.41, 5.74) is 1.64. The molecule has 2 aromatic carbocycles. The van der Waals surface area contributed by atoms with E-state index in [2.05, 4.69) is 17.4 Å². The van der Waals surface area contributed by atoms with Gasteiger partial charge in [-0.15, -0.1) is 12.4 Å². The lowest BCUT2D eigenvalue weighted by molar-refractivity contribution is -0.133. The first-order valence-electron chi connectivity index (χ1n) is 11.9. The molecule has 4 rings (SSSR count). The summed E-state index contributed by atoms with van der Waals surface area (Å²) in [7, 11) is 0. The Kier molecular flexibility index (Phi) is 11.8. The zero-order valence-corrected chi connectivity index (χ0v) is 21.3. The number of Topliss-reactive ketones (excluding diaryl/α,β-unsaturated/α-hetero) is 2. The predicted octanol–water partition coefficient (Wildman–Crippen LogP) is 5.11. The van der Waals surface area contributed by atoms with Gasteiger partial charge in [0.05, 0.1) is 10.8 Å². The zero-order valence-electron chi connectivity index (χ0n) is 20.5. The van der Waals surface area contributed by atoms with Crippen molar-refractivity contribution < 1.29 is 14.4 Å². The number of hydrogen-bond donors (Lipinski definition) is 1. The summed E-state index contributed by atoms with van der Waals surface area (Å²) >= 11 is 0. The van der Waals surface area contributed by atoms with Gasteiger partial charge in [-0.05, 0) is 63.7 Å². The van der Waals surface area contributed by atoms with Gasteiger partial charge in [-0.2, -0.15) is 0 Å². The van der Waals surface area contributed by atoms with Gasteiger partial charge in [-0.1, -0.05) is 68.1 Å². The van der Waals surface area contributed by atoms with Crippen molar-refractivity contribution in [1.82, 2.24) is 10.2 Å². The van der Waals surface area contributed by atoms with Crippen LogP contribution in [0.1, 0.15) is 65.0 Å². The maximum Gasteiger partial charge on any atom is 0.219 e. The standard InChI is InChI=1S/C15H19NO2.C13H17NO.CH4.ClH/c1-12(17)15(14-6-4-3-5-7-14)8-10-16(11-9-15)13(2)18;1-11(15)13(7-9-14-10-8-13)12-5-3-2-4-6-12;;/h3-7H,8-11H2,1-2H3;2-6,14H,7-10H2,1H3;1H4;1H. The van der Waals surface area contributed by atoms with E-state index < -0.39 is 5.41 Å². The first kappa shape index (κ1) is 30.5. The van der Waals surface area contributed by atoms with Crippen molar-refractivity contribution >= 4 is 29.9 Å². The number of piperidine rings is 2. The van der Waals surface area contributed by atoms with E-state index in [-0.39, 0.29) is 36.9 Å². The normalized spacial score (nSPS) is 18.0. The minimum atomic E-state index is -0.396. The van der Waals surface area contributed by atoms with Crippen LogP contribution in [0.2, 0.25) is 0 Å². The third kappa shape index (κ3) is 6.80. The number of carbonyl (C=O) groups is 3. The molecule has 0 unspecified atom stereocenters. The van der Waals surface area contributed by atoms with Crippen LogP contribution in [0.15, 0.2) is 60.7 Å². The molecule has 0 bridgehead atoms. The second-order valence-electron chi connectivity index (χ2n) is 9.26. The zero-order chi connectivity index (χ0) is 23.9. The van der Waals surface area contributed by atoms with E-state index in [1.165, 1.54) is 5.56 Å². The average molecular weight is 501 g/mol. The van der Waals surface area contributed by atoms with Gasteiger partial charge in [-0.3, -0.25) is 14.4 Å². The van der Waals surface area contributed by atoms with Gasteiger partial charge >= 0.3 is 0 Å². The minimum absolute atomic E-state index is 0.